The molecule has 2 rings (SSSR count). The molecule has 0 saturated heterocycles. The third-order valence-corrected chi connectivity index (χ3v) is 4.15. The summed E-state index contributed by atoms with van der Waals surface area (Å²) in [6.45, 7) is 0. The zero-order valence-corrected chi connectivity index (χ0v) is 12.3. The monoisotopic (exact) mass is 311 g/mol. The van der Waals surface area contributed by atoms with Crippen LogP contribution in [0.5, 0.6) is 0 Å². The lowest BCUT2D eigenvalue weighted by Gasteiger charge is -2.20. The molecule has 114 valence electrons. The Labute approximate surface area is 127 Å². The molecular weight excluding hydrogens is 294 g/mol. The molecule has 0 heterocycles. The molecular formula is C14H18ClN3O3. The second-order valence-electron chi connectivity index (χ2n) is 5.32. The topological polar surface area (TPSA) is 98.3 Å². The van der Waals surface area contributed by atoms with Crippen molar-refractivity contribution in [1.29, 1.82) is 0 Å². The van der Waals surface area contributed by atoms with Gasteiger partial charge in [0.05, 0.1) is 21.6 Å². The van der Waals surface area contributed by atoms with Crippen LogP contribution >= 0.6 is 11.6 Å². The van der Waals surface area contributed by atoms with Gasteiger partial charge in [0.25, 0.3) is 5.69 Å². The molecule has 0 bridgehead atoms. The fourth-order valence-electron chi connectivity index (χ4n) is 2.61. The van der Waals surface area contributed by atoms with Crippen LogP contribution in [-0.2, 0) is 4.79 Å². The van der Waals surface area contributed by atoms with E-state index in [0.29, 0.717) is 0 Å². The molecule has 3 N–H and O–H groups in total. The fourth-order valence-corrected chi connectivity index (χ4v) is 2.77. The van der Waals surface area contributed by atoms with E-state index in [1.807, 2.05) is 0 Å². The smallest absolute Gasteiger partial charge is 0.271 e. The number of amides is 1. The maximum Gasteiger partial charge on any atom is 0.271 e. The van der Waals surface area contributed by atoms with Gasteiger partial charge in [0, 0.05) is 18.2 Å². The van der Waals surface area contributed by atoms with Crippen molar-refractivity contribution in [3.8, 4) is 0 Å². The summed E-state index contributed by atoms with van der Waals surface area (Å²) in [6, 6.07) is 3.80. The minimum Gasteiger partial charge on any atom is -0.327 e. The van der Waals surface area contributed by atoms with E-state index in [1.165, 1.54) is 18.2 Å². The summed E-state index contributed by atoms with van der Waals surface area (Å²) in [5.74, 6) is -0.491. The Hall–Kier alpha value is -1.66. The van der Waals surface area contributed by atoms with Crippen LogP contribution in [0.4, 0.5) is 11.4 Å². The molecule has 1 aliphatic carbocycles. The first kappa shape index (κ1) is 15.7. The molecule has 1 fully saturated rings. The van der Waals surface area contributed by atoms with Crippen molar-refractivity contribution < 1.29 is 9.72 Å². The van der Waals surface area contributed by atoms with Crippen molar-refractivity contribution in [1.82, 2.24) is 0 Å². The molecule has 0 radical (unpaired) electrons. The van der Waals surface area contributed by atoms with E-state index in [4.69, 9.17) is 17.3 Å². The van der Waals surface area contributed by atoms with Crippen LogP contribution in [-0.4, -0.2) is 16.9 Å². The minimum absolute atomic E-state index is 0.111. The van der Waals surface area contributed by atoms with Gasteiger partial charge in [0.15, 0.2) is 0 Å². The van der Waals surface area contributed by atoms with Gasteiger partial charge in [-0.05, 0) is 18.9 Å². The predicted molar refractivity (Wildman–Crippen MR) is 81.3 cm³/mol. The summed E-state index contributed by atoms with van der Waals surface area (Å²) in [5, 5.41) is 13.7. The van der Waals surface area contributed by atoms with Crippen molar-refractivity contribution in [3.63, 3.8) is 0 Å². The lowest BCUT2D eigenvalue weighted by Crippen LogP contribution is -2.37. The van der Waals surface area contributed by atoms with Crippen LogP contribution < -0.4 is 11.1 Å². The second-order valence-corrected chi connectivity index (χ2v) is 5.73. The molecule has 0 aromatic heterocycles. The van der Waals surface area contributed by atoms with Crippen molar-refractivity contribution in [3.05, 3.63) is 33.3 Å². The Bertz CT molecular complexity index is 550. The first-order valence-corrected chi connectivity index (χ1v) is 7.37. The Morgan fingerprint density at radius 1 is 1.33 bits per heavy atom. The van der Waals surface area contributed by atoms with Gasteiger partial charge >= 0.3 is 0 Å². The largest absolute Gasteiger partial charge is 0.327 e. The summed E-state index contributed by atoms with van der Waals surface area (Å²) < 4.78 is 0. The number of hydrogen-bond donors (Lipinski definition) is 2. The molecule has 2 atom stereocenters. The average Bonchev–Trinajstić information content (AvgIpc) is 2.65. The number of rotatable bonds is 3. The minimum atomic E-state index is -0.524. The quantitative estimate of drug-likeness (QED) is 0.509. The molecule has 7 heteroatoms. The van der Waals surface area contributed by atoms with Crippen molar-refractivity contribution in [2.45, 2.75) is 38.1 Å². The zero-order chi connectivity index (χ0) is 15.4. The van der Waals surface area contributed by atoms with Crippen molar-refractivity contribution in [2.75, 3.05) is 5.32 Å². The highest BCUT2D eigenvalue weighted by atomic mass is 35.5. The van der Waals surface area contributed by atoms with E-state index in [-0.39, 0.29) is 34.3 Å². The third kappa shape index (κ3) is 3.92. The van der Waals surface area contributed by atoms with E-state index in [9.17, 15) is 14.9 Å². The number of carbonyl (C=O) groups is 1. The number of carbonyl (C=O) groups excluding carboxylic acids is 1. The van der Waals surface area contributed by atoms with E-state index < -0.39 is 4.92 Å². The SMILES string of the molecule is NC1CCCCCC1C(=O)Nc1cc([N+](=O)[O-])ccc1Cl. The number of nitrogens with two attached hydrogens (primary N) is 1. The number of halogens is 1. The predicted octanol–water partition coefficient (Wildman–Crippen LogP) is 3.09. The Morgan fingerprint density at radius 3 is 2.76 bits per heavy atom. The second kappa shape index (κ2) is 6.87. The van der Waals surface area contributed by atoms with Gasteiger partial charge in [0.1, 0.15) is 0 Å². The number of anilines is 1. The lowest BCUT2D eigenvalue weighted by molar-refractivity contribution is -0.384. The van der Waals surface area contributed by atoms with Crippen LogP contribution in [0, 0.1) is 16.0 Å². The normalized spacial score (nSPS) is 22.4. The number of hydrogen-bond acceptors (Lipinski definition) is 4. The van der Waals surface area contributed by atoms with Gasteiger partial charge in [-0.3, -0.25) is 14.9 Å². The fraction of sp³-hybridized carbons (Fsp3) is 0.500. The van der Waals surface area contributed by atoms with Gasteiger partial charge in [-0.25, -0.2) is 0 Å². The Kier molecular flexibility index (Phi) is 5.14. The Morgan fingerprint density at radius 2 is 2.05 bits per heavy atom. The summed E-state index contributed by atoms with van der Waals surface area (Å²) in [5.41, 5.74) is 6.19. The molecule has 0 aliphatic heterocycles. The molecule has 6 nitrogen and oxygen atoms in total. The highest BCUT2D eigenvalue weighted by molar-refractivity contribution is 6.33. The average molecular weight is 312 g/mol. The van der Waals surface area contributed by atoms with Gasteiger partial charge < -0.3 is 11.1 Å². The number of benzene rings is 1. The van der Waals surface area contributed by atoms with Crippen molar-refractivity contribution >= 4 is 28.9 Å². The number of nitro benzene ring substituents is 1. The van der Waals surface area contributed by atoms with Gasteiger partial charge in [-0.1, -0.05) is 30.9 Å². The van der Waals surface area contributed by atoms with Crippen LogP contribution in [0.2, 0.25) is 5.02 Å². The first-order valence-electron chi connectivity index (χ1n) is 6.99. The van der Waals surface area contributed by atoms with Gasteiger partial charge in [-0.15, -0.1) is 0 Å². The lowest BCUT2D eigenvalue weighted by atomic mass is 9.94. The van der Waals surface area contributed by atoms with E-state index in [2.05, 4.69) is 5.32 Å². The van der Waals surface area contributed by atoms with Gasteiger partial charge in [0.2, 0.25) is 5.91 Å². The zero-order valence-electron chi connectivity index (χ0n) is 11.5. The van der Waals surface area contributed by atoms with Crippen LogP contribution in [0.15, 0.2) is 18.2 Å². The van der Waals surface area contributed by atoms with Crippen molar-refractivity contribution in [2.24, 2.45) is 11.7 Å². The van der Waals surface area contributed by atoms with Gasteiger partial charge in [-0.2, -0.15) is 0 Å². The highest BCUT2D eigenvalue weighted by Gasteiger charge is 2.27. The van der Waals surface area contributed by atoms with Crippen LogP contribution in [0.3, 0.4) is 0 Å². The maximum absolute atomic E-state index is 12.3. The highest BCUT2D eigenvalue weighted by Crippen LogP contribution is 2.29. The molecule has 2 unspecified atom stereocenters. The standard InChI is InChI=1S/C14H18ClN3O3/c15-11-7-6-9(18(20)21)8-13(11)17-14(19)10-4-2-1-3-5-12(10)16/h6-8,10,12H,1-5,16H2,(H,17,19). The molecule has 1 aliphatic rings. The number of nitro groups is 1. The third-order valence-electron chi connectivity index (χ3n) is 3.82. The van der Waals surface area contributed by atoms with Crippen LogP contribution in [0.1, 0.15) is 32.1 Å². The summed E-state index contributed by atoms with van der Waals surface area (Å²) >= 11 is 5.98. The number of nitrogens with zero attached hydrogens (tertiary/aromatic N) is 1. The molecule has 21 heavy (non-hydrogen) atoms. The summed E-state index contributed by atoms with van der Waals surface area (Å²) in [7, 11) is 0. The maximum atomic E-state index is 12.3. The number of non-ortho nitro benzene ring substituents is 1. The molecule has 1 aromatic carbocycles. The van der Waals surface area contributed by atoms with E-state index in [0.717, 1.165) is 32.1 Å². The first-order chi connectivity index (χ1) is 9.99. The molecule has 1 aromatic rings. The molecule has 0 spiro atoms. The van der Waals surface area contributed by atoms with E-state index >= 15 is 0 Å². The Balaban J connectivity index is 2.14. The van der Waals surface area contributed by atoms with E-state index in [1.54, 1.807) is 0 Å². The summed E-state index contributed by atoms with van der Waals surface area (Å²) in [6.07, 6.45) is 4.63. The number of nitrogens with one attached hydrogen (secondary N) is 1. The summed E-state index contributed by atoms with van der Waals surface area (Å²) in [4.78, 5) is 22.6. The molecule has 1 amide bonds. The molecule has 1 saturated carbocycles. The van der Waals surface area contributed by atoms with Crippen LogP contribution in [0.25, 0.3) is 0 Å².